The van der Waals surface area contributed by atoms with E-state index in [4.69, 9.17) is 4.74 Å². The fourth-order valence-corrected chi connectivity index (χ4v) is 0.989. The van der Waals surface area contributed by atoms with Crippen LogP contribution in [-0.4, -0.2) is 11.5 Å². The Morgan fingerprint density at radius 1 is 1.46 bits per heavy atom. The normalized spacial score (nSPS) is 9.00. The number of hydrogen-bond donors (Lipinski definition) is 1. The summed E-state index contributed by atoms with van der Waals surface area (Å²) >= 11 is 4.62. The van der Waals surface area contributed by atoms with Crippen molar-refractivity contribution in [1.82, 2.24) is 0 Å². The van der Waals surface area contributed by atoms with E-state index in [9.17, 15) is 4.79 Å². The van der Waals surface area contributed by atoms with Crippen LogP contribution < -0.4 is 10.1 Å². The minimum atomic E-state index is -0.324. The molecule has 0 spiro atoms. The Labute approximate surface area is 81.7 Å². The van der Waals surface area contributed by atoms with Crippen molar-refractivity contribution < 1.29 is 9.53 Å². The molecule has 13 heavy (non-hydrogen) atoms. The maximum absolute atomic E-state index is 10.6. The second kappa shape index (κ2) is 4.57. The molecule has 0 bridgehead atoms. The van der Waals surface area contributed by atoms with Gasteiger partial charge in [0.05, 0.1) is 5.49 Å². The molecule has 1 N–H and O–H groups in total. The van der Waals surface area contributed by atoms with Crippen molar-refractivity contribution in [2.75, 3.05) is 5.32 Å². The van der Waals surface area contributed by atoms with Gasteiger partial charge in [-0.05, 0) is 24.3 Å². The quantitative estimate of drug-likeness (QED) is 0.454. The van der Waals surface area contributed by atoms with Gasteiger partial charge in [-0.1, -0.05) is 12.2 Å². The Balaban J connectivity index is 2.69. The van der Waals surface area contributed by atoms with Gasteiger partial charge < -0.3 is 10.1 Å². The largest absolute Gasteiger partial charge is 0.427 e. The third-order valence-electron chi connectivity index (χ3n) is 1.34. The molecule has 1 aromatic carbocycles. The monoisotopic (exact) mass is 195 g/mol. The van der Waals surface area contributed by atoms with Gasteiger partial charge in [0, 0.05) is 12.6 Å². The number of esters is 1. The van der Waals surface area contributed by atoms with Crippen LogP contribution in [0.2, 0.25) is 0 Å². The fourth-order valence-electron chi connectivity index (χ4n) is 0.853. The highest BCUT2D eigenvalue weighted by molar-refractivity contribution is 7.79. The molecule has 0 unspecified atom stereocenters. The lowest BCUT2D eigenvalue weighted by Crippen LogP contribution is -2.01. The lowest BCUT2D eigenvalue weighted by Gasteiger charge is -2.02. The molecular formula is C9H9NO2S. The van der Waals surface area contributed by atoms with Gasteiger partial charge in [-0.25, -0.2) is 0 Å². The van der Waals surface area contributed by atoms with Gasteiger partial charge in [0.15, 0.2) is 0 Å². The van der Waals surface area contributed by atoms with Crippen LogP contribution in [0.5, 0.6) is 5.75 Å². The van der Waals surface area contributed by atoms with Crippen molar-refractivity contribution in [2.45, 2.75) is 6.92 Å². The van der Waals surface area contributed by atoms with Crippen molar-refractivity contribution in [3.8, 4) is 5.75 Å². The smallest absolute Gasteiger partial charge is 0.308 e. The molecule has 0 atom stereocenters. The van der Waals surface area contributed by atoms with Crippen molar-refractivity contribution in [3.05, 3.63) is 24.3 Å². The van der Waals surface area contributed by atoms with E-state index < -0.39 is 0 Å². The molecule has 0 fully saturated rings. The van der Waals surface area contributed by atoms with E-state index in [-0.39, 0.29) is 5.97 Å². The molecule has 68 valence electrons. The first kappa shape index (κ1) is 9.67. The van der Waals surface area contributed by atoms with E-state index in [1.807, 2.05) is 0 Å². The zero-order chi connectivity index (χ0) is 9.68. The zero-order valence-corrected chi connectivity index (χ0v) is 7.93. The Morgan fingerprint density at radius 2 is 2.08 bits per heavy atom. The molecule has 1 rings (SSSR count). The Hall–Kier alpha value is -1.42. The maximum atomic E-state index is 10.6. The van der Waals surface area contributed by atoms with E-state index in [2.05, 4.69) is 17.5 Å². The predicted octanol–water partition coefficient (Wildman–Crippen LogP) is 1.98. The predicted molar refractivity (Wildman–Crippen MR) is 55.0 cm³/mol. The standard InChI is InChI=1S/C9H9NO2S/c1-7(11)12-9-4-2-8(3-5-9)10-6-13/h2-6H,1H3,(H,10,13). The molecule has 0 saturated heterocycles. The molecule has 0 saturated carbocycles. The van der Waals surface area contributed by atoms with Crippen LogP contribution in [0, 0.1) is 0 Å². The van der Waals surface area contributed by atoms with E-state index in [0.29, 0.717) is 5.75 Å². The number of anilines is 1. The van der Waals surface area contributed by atoms with Crippen LogP contribution in [0.4, 0.5) is 5.69 Å². The molecule has 0 aromatic heterocycles. The lowest BCUT2D eigenvalue weighted by molar-refractivity contribution is -0.131. The summed E-state index contributed by atoms with van der Waals surface area (Å²) in [5.41, 5.74) is 2.28. The van der Waals surface area contributed by atoms with Crippen molar-refractivity contribution in [3.63, 3.8) is 0 Å². The molecule has 0 aliphatic carbocycles. The SMILES string of the molecule is CC(=O)Oc1ccc(NC=S)cc1. The summed E-state index contributed by atoms with van der Waals surface area (Å²) in [4.78, 5) is 10.6. The molecule has 0 radical (unpaired) electrons. The first-order valence-electron chi connectivity index (χ1n) is 3.71. The van der Waals surface area contributed by atoms with Gasteiger partial charge in [0.1, 0.15) is 5.75 Å². The molecule has 1 aromatic rings. The van der Waals surface area contributed by atoms with Gasteiger partial charge in [0.2, 0.25) is 0 Å². The molecule has 0 heterocycles. The summed E-state index contributed by atoms with van der Waals surface area (Å²) in [6.45, 7) is 1.36. The Bertz CT molecular complexity index is 308. The number of nitrogens with one attached hydrogen (secondary N) is 1. The van der Waals surface area contributed by atoms with Crippen molar-refractivity contribution in [1.29, 1.82) is 0 Å². The van der Waals surface area contributed by atoms with E-state index in [0.717, 1.165) is 5.69 Å². The summed E-state index contributed by atoms with van der Waals surface area (Å²) in [6, 6.07) is 6.95. The highest BCUT2D eigenvalue weighted by Crippen LogP contribution is 2.14. The van der Waals surface area contributed by atoms with Crippen LogP contribution in [0.15, 0.2) is 24.3 Å². The van der Waals surface area contributed by atoms with Gasteiger partial charge in [-0.3, -0.25) is 4.79 Å². The van der Waals surface area contributed by atoms with Crippen LogP contribution in [-0.2, 0) is 4.79 Å². The molecule has 0 aliphatic rings. The highest BCUT2D eigenvalue weighted by Gasteiger charge is 1.96. The minimum Gasteiger partial charge on any atom is -0.427 e. The van der Waals surface area contributed by atoms with E-state index in [1.165, 1.54) is 12.4 Å². The second-order valence-corrected chi connectivity index (χ2v) is 2.62. The van der Waals surface area contributed by atoms with Crippen molar-refractivity contribution >= 4 is 29.4 Å². The Kier molecular flexibility index (Phi) is 3.40. The average molecular weight is 195 g/mol. The summed E-state index contributed by atoms with van der Waals surface area (Å²) in [5.74, 6) is 0.206. The second-order valence-electron chi connectivity index (χ2n) is 2.38. The van der Waals surface area contributed by atoms with Gasteiger partial charge in [0.25, 0.3) is 0 Å². The number of carbonyl (C=O) groups is 1. The highest BCUT2D eigenvalue weighted by atomic mass is 32.1. The van der Waals surface area contributed by atoms with E-state index in [1.54, 1.807) is 24.3 Å². The van der Waals surface area contributed by atoms with Crippen LogP contribution in [0.1, 0.15) is 6.92 Å². The van der Waals surface area contributed by atoms with Crippen molar-refractivity contribution in [2.24, 2.45) is 0 Å². The van der Waals surface area contributed by atoms with Gasteiger partial charge in [-0.15, -0.1) is 0 Å². The lowest BCUT2D eigenvalue weighted by atomic mass is 10.3. The first-order chi connectivity index (χ1) is 6.22. The van der Waals surface area contributed by atoms with Crippen LogP contribution >= 0.6 is 12.2 Å². The zero-order valence-electron chi connectivity index (χ0n) is 7.11. The van der Waals surface area contributed by atoms with Gasteiger partial charge in [-0.2, -0.15) is 0 Å². The third-order valence-corrected chi connectivity index (χ3v) is 1.46. The number of rotatable bonds is 3. The first-order valence-corrected chi connectivity index (χ1v) is 4.18. The number of carbonyl (C=O) groups excluding carboxylic acids is 1. The average Bonchev–Trinajstić information content (AvgIpc) is 2.08. The van der Waals surface area contributed by atoms with Crippen LogP contribution in [0.25, 0.3) is 0 Å². The molecule has 0 amide bonds. The molecular weight excluding hydrogens is 186 g/mol. The number of ether oxygens (including phenoxy) is 1. The van der Waals surface area contributed by atoms with Crippen LogP contribution in [0.3, 0.4) is 0 Å². The minimum absolute atomic E-state index is 0.324. The maximum Gasteiger partial charge on any atom is 0.308 e. The summed E-state index contributed by atoms with van der Waals surface area (Å²) in [6.07, 6.45) is 0. The molecule has 3 nitrogen and oxygen atoms in total. The van der Waals surface area contributed by atoms with E-state index >= 15 is 0 Å². The number of benzene rings is 1. The summed E-state index contributed by atoms with van der Waals surface area (Å²) in [5, 5.41) is 2.84. The fraction of sp³-hybridized carbons (Fsp3) is 0.111. The number of hydrogen-bond acceptors (Lipinski definition) is 3. The topological polar surface area (TPSA) is 38.3 Å². The third kappa shape index (κ3) is 3.21. The molecule has 4 heteroatoms. The molecule has 0 aliphatic heterocycles. The number of thiocarbonyl (C=S) groups is 1. The Morgan fingerprint density at radius 3 is 2.54 bits per heavy atom. The summed E-state index contributed by atoms with van der Waals surface area (Å²) in [7, 11) is 0. The van der Waals surface area contributed by atoms with Gasteiger partial charge >= 0.3 is 5.97 Å². The summed E-state index contributed by atoms with van der Waals surface area (Å²) < 4.78 is 4.84.